The van der Waals surface area contributed by atoms with E-state index in [2.05, 4.69) is 34.7 Å². The zero-order valence-electron chi connectivity index (χ0n) is 17.9. The van der Waals surface area contributed by atoms with E-state index >= 15 is 0 Å². The van der Waals surface area contributed by atoms with E-state index in [-0.39, 0.29) is 0 Å². The van der Waals surface area contributed by atoms with Crippen LogP contribution >= 0.6 is 0 Å². The summed E-state index contributed by atoms with van der Waals surface area (Å²) in [6.07, 6.45) is 1.81. The van der Waals surface area contributed by atoms with Gasteiger partial charge in [0.2, 0.25) is 5.88 Å². The molecule has 0 N–H and O–H groups in total. The Balaban J connectivity index is 1.71. The molecule has 0 aliphatic heterocycles. The third kappa shape index (κ3) is 3.21. The van der Waals surface area contributed by atoms with E-state index in [9.17, 15) is 5.26 Å². The van der Waals surface area contributed by atoms with E-state index < -0.39 is 0 Å². The van der Waals surface area contributed by atoms with Gasteiger partial charge in [0.25, 0.3) is 0 Å². The number of aliphatic imine (C=N–C) groups is 1. The molecule has 0 atom stereocenters. The first-order valence-electron chi connectivity index (χ1n) is 10.4. The molecule has 32 heavy (non-hydrogen) atoms. The number of para-hydroxylation sites is 1. The van der Waals surface area contributed by atoms with Gasteiger partial charge in [-0.15, -0.1) is 0 Å². The van der Waals surface area contributed by atoms with E-state index in [1.165, 1.54) is 0 Å². The number of nitrogens with zero attached hydrogens (tertiary/aromatic N) is 3. The van der Waals surface area contributed by atoms with Crippen molar-refractivity contribution in [3.8, 4) is 28.5 Å². The number of rotatable bonds is 4. The van der Waals surface area contributed by atoms with Crippen LogP contribution in [-0.2, 0) is 7.05 Å². The minimum absolute atomic E-state index is 0.317. The molecule has 0 unspecified atom stereocenters. The lowest BCUT2D eigenvalue weighted by atomic mass is 9.98. The second-order valence-corrected chi connectivity index (χ2v) is 7.66. The Morgan fingerprint density at radius 3 is 2.19 bits per heavy atom. The average Bonchev–Trinajstić information content (AvgIpc) is 3.34. The lowest BCUT2D eigenvalue weighted by molar-refractivity contribution is 0.593. The van der Waals surface area contributed by atoms with Crippen molar-refractivity contribution in [2.24, 2.45) is 12.0 Å². The van der Waals surface area contributed by atoms with Crippen molar-refractivity contribution in [1.82, 2.24) is 4.57 Å². The Morgan fingerprint density at radius 2 is 1.50 bits per heavy atom. The van der Waals surface area contributed by atoms with Crippen molar-refractivity contribution in [3.05, 3.63) is 102 Å². The molecule has 0 amide bonds. The first-order valence-corrected chi connectivity index (χ1v) is 10.4. The molecule has 5 aromatic rings. The molecule has 0 bridgehead atoms. The number of fused-ring (bicyclic) bond motifs is 1. The lowest BCUT2D eigenvalue weighted by Crippen LogP contribution is -1.91. The molecule has 0 spiro atoms. The Labute approximate surface area is 186 Å². The van der Waals surface area contributed by atoms with Gasteiger partial charge < -0.3 is 8.98 Å². The molecule has 5 rings (SSSR count). The minimum Gasteiger partial charge on any atom is -0.436 e. The van der Waals surface area contributed by atoms with Crippen molar-refractivity contribution in [2.75, 3.05) is 0 Å². The molecule has 0 saturated heterocycles. The van der Waals surface area contributed by atoms with Crippen LogP contribution in [0.25, 0.3) is 33.4 Å². The number of nitriles is 1. The van der Waals surface area contributed by atoms with E-state index in [1.54, 1.807) is 6.21 Å². The summed E-state index contributed by atoms with van der Waals surface area (Å²) >= 11 is 0. The molecular weight excluding hydrogens is 394 g/mol. The van der Waals surface area contributed by atoms with Crippen molar-refractivity contribution >= 4 is 23.0 Å². The summed E-state index contributed by atoms with van der Waals surface area (Å²) in [7, 11) is 2.05. The third-order valence-corrected chi connectivity index (χ3v) is 5.86. The molecule has 4 heteroatoms. The molecule has 0 radical (unpaired) electrons. The second-order valence-electron chi connectivity index (χ2n) is 7.66. The quantitative estimate of drug-likeness (QED) is 0.296. The molecule has 0 fully saturated rings. The summed E-state index contributed by atoms with van der Waals surface area (Å²) in [4.78, 5) is 4.68. The summed E-state index contributed by atoms with van der Waals surface area (Å²) < 4.78 is 8.38. The smallest absolute Gasteiger partial charge is 0.238 e. The van der Waals surface area contributed by atoms with Gasteiger partial charge in [0.1, 0.15) is 17.4 Å². The molecule has 0 aliphatic carbocycles. The number of benzene rings is 3. The van der Waals surface area contributed by atoms with Gasteiger partial charge in [0.05, 0.1) is 0 Å². The molecular formula is C28H21N3O. The number of hydrogen-bond acceptors (Lipinski definition) is 3. The van der Waals surface area contributed by atoms with Crippen LogP contribution < -0.4 is 0 Å². The standard InChI is InChI=1S/C28H21N3O/c1-19-24(22-15-9-10-16-25(22)31(19)2)18-30-28-23(17-29)26(20-11-5-3-6-12-20)27(32-28)21-13-7-4-8-14-21/h3-16,18H,1-2H3. The predicted octanol–water partition coefficient (Wildman–Crippen LogP) is 7.04. The van der Waals surface area contributed by atoms with Gasteiger partial charge in [-0.3, -0.25) is 0 Å². The fourth-order valence-corrected chi connectivity index (χ4v) is 4.12. The summed E-state index contributed by atoms with van der Waals surface area (Å²) in [6, 6.07) is 30.3. The van der Waals surface area contributed by atoms with Gasteiger partial charge in [-0.25, -0.2) is 4.99 Å². The SMILES string of the molecule is Cc1c(C=Nc2oc(-c3ccccc3)c(-c3ccccc3)c2C#N)c2ccccc2n1C. The van der Waals surface area contributed by atoms with Gasteiger partial charge in [0.15, 0.2) is 0 Å². The fourth-order valence-electron chi connectivity index (χ4n) is 4.12. The van der Waals surface area contributed by atoms with Crippen LogP contribution in [0, 0.1) is 18.3 Å². The summed E-state index contributed by atoms with van der Waals surface area (Å²) in [6.45, 7) is 2.07. The van der Waals surface area contributed by atoms with Crippen LogP contribution in [0.3, 0.4) is 0 Å². The van der Waals surface area contributed by atoms with Crippen LogP contribution in [0.4, 0.5) is 5.88 Å². The van der Waals surface area contributed by atoms with Crippen LogP contribution in [0.1, 0.15) is 16.8 Å². The highest BCUT2D eigenvalue weighted by Gasteiger charge is 2.22. The van der Waals surface area contributed by atoms with Crippen molar-refractivity contribution in [3.63, 3.8) is 0 Å². The highest BCUT2D eigenvalue weighted by atomic mass is 16.4. The summed E-state index contributed by atoms with van der Waals surface area (Å²) in [5.41, 5.74) is 6.30. The number of aryl methyl sites for hydroxylation is 1. The summed E-state index contributed by atoms with van der Waals surface area (Å²) in [5, 5.41) is 11.2. The van der Waals surface area contributed by atoms with Gasteiger partial charge in [-0.2, -0.15) is 5.26 Å². The predicted molar refractivity (Wildman–Crippen MR) is 129 cm³/mol. The molecule has 2 aromatic heterocycles. The maximum atomic E-state index is 10.1. The maximum Gasteiger partial charge on any atom is 0.238 e. The maximum absolute atomic E-state index is 10.1. The normalized spacial score (nSPS) is 11.3. The highest BCUT2D eigenvalue weighted by Crippen LogP contribution is 2.42. The number of hydrogen-bond donors (Lipinski definition) is 0. The van der Waals surface area contributed by atoms with Gasteiger partial charge >= 0.3 is 0 Å². The van der Waals surface area contributed by atoms with E-state index in [4.69, 9.17) is 4.42 Å². The number of furan rings is 1. The average molecular weight is 415 g/mol. The third-order valence-electron chi connectivity index (χ3n) is 5.86. The molecule has 2 heterocycles. The largest absolute Gasteiger partial charge is 0.436 e. The molecule has 0 saturated carbocycles. The van der Waals surface area contributed by atoms with E-state index in [0.29, 0.717) is 17.2 Å². The fraction of sp³-hybridized carbons (Fsp3) is 0.0714. The lowest BCUT2D eigenvalue weighted by Gasteiger charge is -2.03. The summed E-state index contributed by atoms with van der Waals surface area (Å²) in [5.74, 6) is 0.965. The minimum atomic E-state index is 0.317. The molecule has 154 valence electrons. The van der Waals surface area contributed by atoms with Crippen molar-refractivity contribution in [1.29, 1.82) is 5.26 Å². The molecule has 0 aliphatic rings. The Bertz CT molecular complexity index is 1480. The molecule has 4 nitrogen and oxygen atoms in total. The number of aromatic nitrogens is 1. The molecule has 3 aromatic carbocycles. The van der Waals surface area contributed by atoms with E-state index in [1.807, 2.05) is 79.8 Å². The first kappa shape index (κ1) is 19.6. The zero-order chi connectivity index (χ0) is 22.1. The Morgan fingerprint density at radius 1 is 0.875 bits per heavy atom. The van der Waals surface area contributed by atoms with Crippen LogP contribution in [0.5, 0.6) is 0 Å². The Kier molecular flexibility index (Phi) is 4.93. The second kappa shape index (κ2) is 8.05. The zero-order valence-corrected chi connectivity index (χ0v) is 17.9. The van der Waals surface area contributed by atoms with Gasteiger partial charge in [0, 0.05) is 46.5 Å². The van der Waals surface area contributed by atoms with Gasteiger partial charge in [-0.1, -0.05) is 78.9 Å². The van der Waals surface area contributed by atoms with Crippen molar-refractivity contribution in [2.45, 2.75) is 6.92 Å². The van der Waals surface area contributed by atoms with Crippen molar-refractivity contribution < 1.29 is 4.42 Å². The first-order chi connectivity index (χ1) is 15.7. The van der Waals surface area contributed by atoms with Gasteiger partial charge in [-0.05, 0) is 18.6 Å². The van der Waals surface area contributed by atoms with Crippen LogP contribution in [-0.4, -0.2) is 10.8 Å². The van der Waals surface area contributed by atoms with Crippen LogP contribution in [0.15, 0.2) is 94.3 Å². The highest BCUT2D eigenvalue weighted by molar-refractivity contribution is 6.02. The van der Waals surface area contributed by atoms with E-state index in [0.717, 1.165) is 38.9 Å². The monoisotopic (exact) mass is 415 g/mol. The topological polar surface area (TPSA) is 54.2 Å². The van der Waals surface area contributed by atoms with Crippen LogP contribution in [0.2, 0.25) is 0 Å². The Hall–Kier alpha value is -4.36.